The van der Waals surface area contributed by atoms with Crippen LogP contribution in [0, 0.1) is 13.8 Å². The predicted molar refractivity (Wildman–Crippen MR) is 85.7 cm³/mol. The van der Waals surface area contributed by atoms with Crippen LogP contribution in [0.5, 0.6) is 0 Å². The third-order valence-corrected chi connectivity index (χ3v) is 3.36. The van der Waals surface area contributed by atoms with Gasteiger partial charge in [0.05, 0.1) is 7.11 Å². The highest BCUT2D eigenvalue weighted by Crippen LogP contribution is 2.17. The van der Waals surface area contributed by atoms with Crippen LogP contribution in [-0.4, -0.2) is 13.2 Å². The van der Waals surface area contributed by atoms with Crippen LogP contribution in [0.25, 0.3) is 0 Å². The summed E-state index contributed by atoms with van der Waals surface area (Å²) in [5.41, 5.74) is 5.46. The monoisotopic (exact) mass is 284 g/mol. The van der Waals surface area contributed by atoms with Gasteiger partial charge >= 0.3 is 6.09 Å². The van der Waals surface area contributed by atoms with Gasteiger partial charge in [-0.2, -0.15) is 0 Å². The van der Waals surface area contributed by atoms with Crippen molar-refractivity contribution in [1.82, 2.24) is 0 Å². The molecular formula is C17H20N2O2. The first-order chi connectivity index (χ1) is 10.1. The predicted octanol–water partition coefficient (Wildman–Crippen LogP) is 4.09. The fourth-order valence-electron chi connectivity index (χ4n) is 1.99. The number of hydrogen-bond acceptors (Lipinski definition) is 3. The van der Waals surface area contributed by atoms with Gasteiger partial charge in [0.25, 0.3) is 0 Å². The van der Waals surface area contributed by atoms with Gasteiger partial charge in [-0.3, -0.25) is 5.32 Å². The second kappa shape index (κ2) is 6.79. The van der Waals surface area contributed by atoms with E-state index in [2.05, 4.69) is 47.4 Å². The zero-order valence-corrected chi connectivity index (χ0v) is 12.6. The molecule has 110 valence electrons. The minimum atomic E-state index is -0.471. The molecule has 0 heterocycles. The van der Waals surface area contributed by atoms with E-state index in [1.165, 1.54) is 23.8 Å². The zero-order chi connectivity index (χ0) is 15.2. The molecule has 0 bridgehead atoms. The van der Waals surface area contributed by atoms with Crippen LogP contribution in [0.1, 0.15) is 16.7 Å². The molecule has 4 heteroatoms. The molecule has 0 aliphatic carbocycles. The van der Waals surface area contributed by atoms with Crippen molar-refractivity contribution >= 4 is 17.5 Å². The number of carbonyl (C=O) groups is 1. The molecule has 0 saturated carbocycles. The summed E-state index contributed by atoms with van der Waals surface area (Å²) in [6, 6.07) is 14.0. The number of aryl methyl sites for hydroxylation is 2. The van der Waals surface area contributed by atoms with Gasteiger partial charge in [0.1, 0.15) is 0 Å². The van der Waals surface area contributed by atoms with E-state index in [-0.39, 0.29) is 0 Å². The smallest absolute Gasteiger partial charge is 0.411 e. The van der Waals surface area contributed by atoms with Gasteiger partial charge in [-0.1, -0.05) is 24.3 Å². The molecule has 2 rings (SSSR count). The van der Waals surface area contributed by atoms with Crippen LogP contribution < -0.4 is 10.6 Å². The van der Waals surface area contributed by atoms with E-state index in [1.807, 2.05) is 24.3 Å². The summed E-state index contributed by atoms with van der Waals surface area (Å²) in [7, 11) is 1.34. The van der Waals surface area contributed by atoms with Crippen LogP contribution in [-0.2, 0) is 11.3 Å². The van der Waals surface area contributed by atoms with E-state index in [1.54, 1.807) is 0 Å². The largest absolute Gasteiger partial charge is 0.453 e. The summed E-state index contributed by atoms with van der Waals surface area (Å²) in [5.74, 6) is 0. The molecule has 0 fully saturated rings. The first kappa shape index (κ1) is 14.9. The number of methoxy groups -OCH3 is 1. The highest BCUT2D eigenvalue weighted by molar-refractivity contribution is 5.85. The molecule has 0 saturated heterocycles. The first-order valence-electron chi connectivity index (χ1n) is 6.83. The number of rotatable bonds is 4. The number of anilines is 2. The lowest BCUT2D eigenvalue weighted by Crippen LogP contribution is -2.11. The lowest BCUT2D eigenvalue weighted by molar-refractivity contribution is 0.187. The molecule has 0 spiro atoms. The maximum Gasteiger partial charge on any atom is 0.411 e. The Hall–Kier alpha value is -2.49. The lowest BCUT2D eigenvalue weighted by Gasteiger charge is -2.10. The molecule has 0 aliphatic heterocycles. The Labute approximate surface area is 125 Å². The van der Waals surface area contributed by atoms with Crippen molar-refractivity contribution in [2.45, 2.75) is 20.4 Å². The van der Waals surface area contributed by atoms with Gasteiger partial charge in [-0.05, 0) is 48.7 Å². The quantitative estimate of drug-likeness (QED) is 0.889. The van der Waals surface area contributed by atoms with Crippen molar-refractivity contribution in [2.75, 3.05) is 17.7 Å². The van der Waals surface area contributed by atoms with Gasteiger partial charge in [0.15, 0.2) is 0 Å². The van der Waals surface area contributed by atoms with Crippen molar-refractivity contribution in [1.29, 1.82) is 0 Å². The van der Waals surface area contributed by atoms with Gasteiger partial charge in [0, 0.05) is 17.9 Å². The standard InChI is InChI=1S/C17H20N2O2/c1-12-7-8-14(9-13(12)2)11-18-15-5-4-6-16(10-15)19-17(20)21-3/h4-10,18H,11H2,1-3H3,(H,19,20). The van der Waals surface area contributed by atoms with E-state index in [4.69, 9.17) is 0 Å². The number of carbonyl (C=O) groups excluding carboxylic acids is 1. The van der Waals surface area contributed by atoms with E-state index in [0.29, 0.717) is 5.69 Å². The molecule has 0 atom stereocenters. The Morgan fingerprint density at radius 3 is 2.52 bits per heavy atom. The Kier molecular flexibility index (Phi) is 4.82. The summed E-state index contributed by atoms with van der Waals surface area (Å²) in [4.78, 5) is 11.2. The van der Waals surface area contributed by atoms with Crippen LogP contribution in [0.3, 0.4) is 0 Å². The summed E-state index contributed by atoms with van der Waals surface area (Å²) >= 11 is 0. The molecule has 2 aromatic rings. The van der Waals surface area contributed by atoms with Gasteiger partial charge < -0.3 is 10.1 Å². The summed E-state index contributed by atoms with van der Waals surface area (Å²) in [6.45, 7) is 4.96. The SMILES string of the molecule is COC(=O)Nc1cccc(NCc2ccc(C)c(C)c2)c1. The number of ether oxygens (including phenoxy) is 1. The third-order valence-electron chi connectivity index (χ3n) is 3.36. The number of amides is 1. The van der Waals surface area contributed by atoms with Crippen LogP contribution in [0.4, 0.5) is 16.2 Å². The average molecular weight is 284 g/mol. The number of hydrogen-bond donors (Lipinski definition) is 2. The second-order valence-corrected chi connectivity index (χ2v) is 4.97. The average Bonchev–Trinajstić information content (AvgIpc) is 2.49. The minimum absolute atomic E-state index is 0.471. The van der Waals surface area contributed by atoms with E-state index in [0.717, 1.165) is 12.2 Å². The Morgan fingerprint density at radius 2 is 1.81 bits per heavy atom. The molecule has 0 radical (unpaired) electrons. The summed E-state index contributed by atoms with van der Waals surface area (Å²) < 4.78 is 4.58. The number of nitrogens with one attached hydrogen (secondary N) is 2. The fraction of sp³-hybridized carbons (Fsp3) is 0.235. The molecule has 0 unspecified atom stereocenters. The van der Waals surface area contributed by atoms with E-state index in [9.17, 15) is 4.79 Å². The molecule has 21 heavy (non-hydrogen) atoms. The molecule has 2 aromatic carbocycles. The molecule has 1 amide bonds. The van der Waals surface area contributed by atoms with Crippen molar-refractivity contribution in [2.24, 2.45) is 0 Å². The second-order valence-electron chi connectivity index (χ2n) is 4.97. The maximum absolute atomic E-state index is 11.2. The molecular weight excluding hydrogens is 264 g/mol. The Bertz CT molecular complexity index is 638. The fourth-order valence-corrected chi connectivity index (χ4v) is 1.99. The topological polar surface area (TPSA) is 50.4 Å². The Morgan fingerprint density at radius 1 is 1.05 bits per heavy atom. The Balaban J connectivity index is 2.01. The van der Waals surface area contributed by atoms with Crippen LogP contribution >= 0.6 is 0 Å². The summed E-state index contributed by atoms with van der Waals surface area (Å²) in [5, 5.41) is 5.99. The van der Waals surface area contributed by atoms with Crippen LogP contribution in [0.15, 0.2) is 42.5 Å². The highest BCUT2D eigenvalue weighted by atomic mass is 16.5. The van der Waals surface area contributed by atoms with Gasteiger partial charge in [-0.25, -0.2) is 4.79 Å². The van der Waals surface area contributed by atoms with Crippen molar-refractivity contribution in [3.63, 3.8) is 0 Å². The van der Waals surface area contributed by atoms with E-state index < -0.39 is 6.09 Å². The summed E-state index contributed by atoms with van der Waals surface area (Å²) in [6.07, 6.45) is -0.471. The highest BCUT2D eigenvalue weighted by Gasteiger charge is 2.02. The molecule has 0 aromatic heterocycles. The molecule has 4 nitrogen and oxygen atoms in total. The minimum Gasteiger partial charge on any atom is -0.453 e. The maximum atomic E-state index is 11.2. The van der Waals surface area contributed by atoms with E-state index >= 15 is 0 Å². The van der Waals surface area contributed by atoms with Gasteiger partial charge in [0.2, 0.25) is 0 Å². The normalized spacial score (nSPS) is 10.0. The van der Waals surface area contributed by atoms with Crippen molar-refractivity contribution in [3.05, 3.63) is 59.2 Å². The first-order valence-corrected chi connectivity index (χ1v) is 6.83. The van der Waals surface area contributed by atoms with Crippen molar-refractivity contribution in [3.8, 4) is 0 Å². The lowest BCUT2D eigenvalue weighted by atomic mass is 10.1. The molecule has 0 aliphatic rings. The molecule has 2 N–H and O–H groups in total. The zero-order valence-electron chi connectivity index (χ0n) is 12.6. The van der Waals surface area contributed by atoms with Gasteiger partial charge in [-0.15, -0.1) is 0 Å². The van der Waals surface area contributed by atoms with Crippen LogP contribution in [0.2, 0.25) is 0 Å². The number of benzene rings is 2. The third kappa shape index (κ3) is 4.24. The van der Waals surface area contributed by atoms with Crippen molar-refractivity contribution < 1.29 is 9.53 Å².